The van der Waals surface area contributed by atoms with Gasteiger partial charge in [0.25, 0.3) is 0 Å². The summed E-state index contributed by atoms with van der Waals surface area (Å²) in [6.07, 6.45) is 1.40. The summed E-state index contributed by atoms with van der Waals surface area (Å²) in [6.45, 7) is 6.11. The van der Waals surface area contributed by atoms with Gasteiger partial charge in [-0.05, 0) is 24.8 Å². The molecule has 0 spiro atoms. The lowest BCUT2D eigenvalue weighted by Gasteiger charge is -2.24. The maximum atomic E-state index is 12.7. The Kier molecular flexibility index (Phi) is 6.31. The molecule has 0 radical (unpaired) electrons. The molecule has 2 N–H and O–H groups in total. The van der Waals surface area contributed by atoms with Crippen LogP contribution in [0.5, 0.6) is 0 Å². The third-order valence-corrected chi connectivity index (χ3v) is 4.31. The summed E-state index contributed by atoms with van der Waals surface area (Å²) in [7, 11) is 0. The van der Waals surface area contributed by atoms with E-state index in [2.05, 4.69) is 10.6 Å². The normalized spacial score (nSPS) is 21.3. The number of carbonyl (C=O) groups is 3. The Labute approximate surface area is 148 Å². The quantitative estimate of drug-likeness (QED) is 0.493. The van der Waals surface area contributed by atoms with Gasteiger partial charge < -0.3 is 15.4 Å². The molecule has 0 aromatic heterocycles. The Morgan fingerprint density at radius 1 is 1.24 bits per heavy atom. The van der Waals surface area contributed by atoms with Gasteiger partial charge in [-0.1, -0.05) is 44.2 Å². The highest BCUT2D eigenvalue weighted by Gasteiger charge is 2.50. The van der Waals surface area contributed by atoms with Gasteiger partial charge in [-0.3, -0.25) is 14.4 Å². The number of rotatable bonds is 10. The van der Waals surface area contributed by atoms with Crippen molar-refractivity contribution in [2.24, 2.45) is 5.92 Å². The minimum atomic E-state index is -0.792. The van der Waals surface area contributed by atoms with Crippen molar-refractivity contribution in [1.29, 1.82) is 0 Å². The standard InChI is InChI=1S/C19H26N2O4/c1-13(2)9-15(17(23)19(3)11-25-19)21-18(24)16(20-12-22)10-14-7-5-4-6-8-14/h4-8,12-13,15-16H,9-11H2,1-3H3,(H,20,22)(H,21,24). The molecular formula is C19H26N2O4. The molecule has 25 heavy (non-hydrogen) atoms. The van der Waals surface area contributed by atoms with Crippen molar-refractivity contribution in [2.75, 3.05) is 6.61 Å². The van der Waals surface area contributed by atoms with E-state index < -0.39 is 17.7 Å². The number of Topliss-reactive ketones (excluding diaryl/α,β-unsaturated/α-hetero) is 1. The van der Waals surface area contributed by atoms with E-state index in [4.69, 9.17) is 4.74 Å². The molecule has 1 heterocycles. The van der Waals surface area contributed by atoms with Gasteiger partial charge in [0.05, 0.1) is 12.6 Å². The topological polar surface area (TPSA) is 87.8 Å². The molecule has 6 nitrogen and oxygen atoms in total. The minimum Gasteiger partial charge on any atom is -0.361 e. The Morgan fingerprint density at radius 2 is 1.88 bits per heavy atom. The molecule has 0 saturated carbocycles. The van der Waals surface area contributed by atoms with Crippen LogP contribution in [-0.2, 0) is 25.5 Å². The van der Waals surface area contributed by atoms with E-state index in [1.807, 2.05) is 44.2 Å². The fourth-order valence-electron chi connectivity index (χ4n) is 2.75. The molecule has 1 aliphatic heterocycles. The highest BCUT2D eigenvalue weighted by Crippen LogP contribution is 2.29. The van der Waals surface area contributed by atoms with Crippen LogP contribution in [0.25, 0.3) is 0 Å². The second-order valence-corrected chi connectivity index (χ2v) is 7.10. The Hall–Kier alpha value is -2.21. The van der Waals surface area contributed by atoms with Crippen LogP contribution in [-0.4, -0.2) is 42.4 Å². The minimum absolute atomic E-state index is 0.112. The second-order valence-electron chi connectivity index (χ2n) is 7.10. The first-order chi connectivity index (χ1) is 11.9. The molecule has 1 aromatic carbocycles. The number of benzene rings is 1. The van der Waals surface area contributed by atoms with E-state index in [-0.39, 0.29) is 17.6 Å². The van der Waals surface area contributed by atoms with Gasteiger partial charge in [-0.2, -0.15) is 0 Å². The maximum absolute atomic E-state index is 12.7. The Balaban J connectivity index is 2.07. The Morgan fingerprint density at radius 3 is 2.40 bits per heavy atom. The zero-order chi connectivity index (χ0) is 18.4. The molecule has 2 amide bonds. The third-order valence-electron chi connectivity index (χ3n) is 4.31. The molecule has 3 atom stereocenters. The van der Waals surface area contributed by atoms with E-state index in [0.29, 0.717) is 25.9 Å². The molecule has 1 saturated heterocycles. The number of carbonyl (C=O) groups excluding carboxylic acids is 3. The number of nitrogens with one attached hydrogen (secondary N) is 2. The van der Waals surface area contributed by atoms with Crippen LogP contribution >= 0.6 is 0 Å². The summed E-state index contributed by atoms with van der Waals surface area (Å²) >= 11 is 0. The van der Waals surface area contributed by atoms with Crippen LogP contribution in [0.1, 0.15) is 32.8 Å². The number of ketones is 1. The smallest absolute Gasteiger partial charge is 0.243 e. The molecule has 0 aliphatic carbocycles. The van der Waals surface area contributed by atoms with Crippen molar-refractivity contribution in [3.05, 3.63) is 35.9 Å². The van der Waals surface area contributed by atoms with Crippen LogP contribution in [0, 0.1) is 5.92 Å². The second kappa shape index (κ2) is 8.25. The van der Waals surface area contributed by atoms with E-state index in [1.165, 1.54) is 0 Å². The van der Waals surface area contributed by atoms with Crippen LogP contribution in [0.4, 0.5) is 0 Å². The van der Waals surface area contributed by atoms with Crippen molar-refractivity contribution in [3.8, 4) is 0 Å². The van der Waals surface area contributed by atoms with Gasteiger partial charge in [-0.15, -0.1) is 0 Å². The number of epoxide rings is 1. The summed E-state index contributed by atoms with van der Waals surface area (Å²) in [6, 6.07) is 8.08. The summed E-state index contributed by atoms with van der Waals surface area (Å²) < 4.78 is 5.23. The molecule has 3 unspecified atom stereocenters. The first-order valence-electron chi connectivity index (χ1n) is 8.58. The zero-order valence-electron chi connectivity index (χ0n) is 15.0. The molecule has 1 aliphatic rings. The van der Waals surface area contributed by atoms with Crippen molar-refractivity contribution in [2.45, 2.75) is 51.3 Å². The molecule has 1 aromatic rings. The van der Waals surface area contributed by atoms with Gasteiger partial charge in [0, 0.05) is 6.42 Å². The predicted molar refractivity (Wildman–Crippen MR) is 93.9 cm³/mol. The molecule has 2 rings (SSSR count). The van der Waals surface area contributed by atoms with Gasteiger partial charge in [0.15, 0.2) is 5.78 Å². The van der Waals surface area contributed by atoms with Gasteiger partial charge in [0.1, 0.15) is 11.6 Å². The largest absolute Gasteiger partial charge is 0.361 e. The van der Waals surface area contributed by atoms with E-state index in [9.17, 15) is 14.4 Å². The fraction of sp³-hybridized carbons (Fsp3) is 0.526. The summed E-state index contributed by atoms with van der Waals surface area (Å²) in [5.74, 6) is -0.235. The molecular weight excluding hydrogens is 320 g/mol. The molecule has 1 fully saturated rings. The van der Waals surface area contributed by atoms with Crippen molar-refractivity contribution in [3.63, 3.8) is 0 Å². The summed E-state index contributed by atoms with van der Waals surface area (Å²) in [5.41, 5.74) is 0.140. The Bertz CT molecular complexity index is 611. The number of hydrogen-bond acceptors (Lipinski definition) is 4. The SMILES string of the molecule is CC(C)CC(NC(=O)C(Cc1ccccc1)NC=O)C(=O)C1(C)CO1. The van der Waals surface area contributed by atoms with Crippen molar-refractivity contribution in [1.82, 2.24) is 10.6 Å². The first kappa shape index (κ1) is 19.1. The third kappa shape index (κ3) is 5.39. The predicted octanol–water partition coefficient (Wildman–Crippen LogP) is 1.23. The fourth-order valence-corrected chi connectivity index (χ4v) is 2.75. The van der Waals surface area contributed by atoms with Crippen molar-refractivity contribution >= 4 is 18.1 Å². The van der Waals surface area contributed by atoms with E-state index in [0.717, 1.165) is 5.56 Å². The van der Waals surface area contributed by atoms with Gasteiger partial charge in [-0.25, -0.2) is 0 Å². The zero-order valence-corrected chi connectivity index (χ0v) is 15.0. The first-order valence-corrected chi connectivity index (χ1v) is 8.58. The summed E-state index contributed by atoms with van der Waals surface area (Å²) in [5, 5.41) is 5.36. The molecule has 6 heteroatoms. The van der Waals surface area contributed by atoms with Gasteiger partial charge >= 0.3 is 0 Å². The molecule has 0 bridgehead atoms. The highest BCUT2D eigenvalue weighted by atomic mass is 16.6. The number of hydrogen-bond donors (Lipinski definition) is 2. The summed E-state index contributed by atoms with van der Waals surface area (Å²) in [4.78, 5) is 36.2. The van der Waals surface area contributed by atoms with Crippen LogP contribution < -0.4 is 10.6 Å². The van der Waals surface area contributed by atoms with E-state index in [1.54, 1.807) is 6.92 Å². The van der Waals surface area contributed by atoms with Crippen LogP contribution in [0.15, 0.2) is 30.3 Å². The monoisotopic (exact) mass is 346 g/mol. The lowest BCUT2D eigenvalue weighted by Crippen LogP contribution is -2.53. The van der Waals surface area contributed by atoms with Crippen molar-refractivity contribution < 1.29 is 19.1 Å². The highest BCUT2D eigenvalue weighted by molar-refractivity contribution is 5.97. The number of ether oxygens (including phenoxy) is 1. The van der Waals surface area contributed by atoms with Crippen LogP contribution in [0.3, 0.4) is 0 Å². The van der Waals surface area contributed by atoms with E-state index >= 15 is 0 Å². The average Bonchev–Trinajstić information content (AvgIpc) is 3.32. The molecule has 136 valence electrons. The lowest BCUT2D eigenvalue weighted by molar-refractivity contribution is -0.132. The average molecular weight is 346 g/mol. The van der Waals surface area contributed by atoms with Gasteiger partial charge in [0.2, 0.25) is 12.3 Å². The number of amides is 2. The lowest BCUT2D eigenvalue weighted by atomic mass is 9.93. The van der Waals surface area contributed by atoms with Crippen LogP contribution in [0.2, 0.25) is 0 Å². The maximum Gasteiger partial charge on any atom is 0.243 e.